The Bertz CT molecular complexity index is 1050. The molecule has 1 aliphatic heterocycles. The predicted octanol–water partition coefficient (Wildman–Crippen LogP) is 4.53. The molecular weight excluding hydrogens is 410 g/mol. The highest BCUT2D eigenvalue weighted by molar-refractivity contribution is 7.99. The van der Waals surface area contributed by atoms with Gasteiger partial charge < -0.3 is 4.74 Å². The fraction of sp³-hybridized carbons (Fsp3) is 0.250. The van der Waals surface area contributed by atoms with Gasteiger partial charge in [-0.3, -0.25) is 14.7 Å². The second-order valence-corrected chi connectivity index (χ2v) is 7.88. The van der Waals surface area contributed by atoms with Crippen LogP contribution in [-0.4, -0.2) is 31.8 Å². The maximum Gasteiger partial charge on any atom is 0.247 e. The van der Waals surface area contributed by atoms with Crippen LogP contribution in [0.3, 0.4) is 0 Å². The van der Waals surface area contributed by atoms with Crippen LogP contribution in [0.15, 0.2) is 47.9 Å². The average Bonchev–Trinajstić information content (AvgIpc) is 2.88. The number of thioether (sulfide) groups is 1. The van der Waals surface area contributed by atoms with Gasteiger partial charge in [-0.15, -0.1) is 10.2 Å². The molecule has 29 heavy (non-hydrogen) atoms. The Hall–Kier alpha value is -2.71. The van der Waals surface area contributed by atoms with Crippen molar-refractivity contribution in [2.24, 2.45) is 0 Å². The summed E-state index contributed by atoms with van der Waals surface area (Å²) in [6.45, 7) is 3.82. The molecule has 2 aromatic heterocycles. The van der Waals surface area contributed by atoms with Crippen LogP contribution < -0.4 is 9.64 Å². The SMILES string of the molecule is CCSc1nnc2c(n1)O[C@H](c1cccnc1)N(C(=O)CC)c1ccc(Cl)cc1-2. The third-order valence-electron chi connectivity index (χ3n) is 4.38. The van der Waals surface area contributed by atoms with Crippen LogP contribution in [0.5, 0.6) is 5.88 Å². The van der Waals surface area contributed by atoms with Gasteiger partial charge in [0.2, 0.25) is 23.2 Å². The van der Waals surface area contributed by atoms with E-state index in [1.54, 1.807) is 41.6 Å². The Morgan fingerprint density at radius 3 is 2.86 bits per heavy atom. The van der Waals surface area contributed by atoms with E-state index < -0.39 is 6.23 Å². The second kappa shape index (κ2) is 8.34. The second-order valence-electron chi connectivity index (χ2n) is 6.22. The van der Waals surface area contributed by atoms with Crippen molar-refractivity contribution in [1.29, 1.82) is 0 Å². The van der Waals surface area contributed by atoms with Gasteiger partial charge in [0, 0.05) is 35.0 Å². The van der Waals surface area contributed by atoms with Gasteiger partial charge in [0.25, 0.3) is 0 Å². The molecule has 0 aliphatic carbocycles. The summed E-state index contributed by atoms with van der Waals surface area (Å²) in [4.78, 5) is 23.4. The fourth-order valence-electron chi connectivity index (χ4n) is 3.11. The molecule has 0 fully saturated rings. The minimum absolute atomic E-state index is 0.105. The van der Waals surface area contributed by atoms with Crippen LogP contribution in [-0.2, 0) is 4.79 Å². The van der Waals surface area contributed by atoms with Crippen molar-refractivity contribution in [3.63, 3.8) is 0 Å². The van der Waals surface area contributed by atoms with Crippen LogP contribution in [0.4, 0.5) is 5.69 Å². The summed E-state index contributed by atoms with van der Waals surface area (Å²) in [5.74, 6) is 1.00. The predicted molar refractivity (Wildman–Crippen MR) is 112 cm³/mol. The summed E-state index contributed by atoms with van der Waals surface area (Å²) in [6.07, 6.45) is 2.91. The smallest absolute Gasteiger partial charge is 0.247 e. The molecule has 0 bridgehead atoms. The summed E-state index contributed by atoms with van der Waals surface area (Å²) in [5, 5.41) is 9.59. The molecule has 0 unspecified atom stereocenters. The summed E-state index contributed by atoms with van der Waals surface area (Å²) in [7, 11) is 0. The van der Waals surface area contributed by atoms with Crippen LogP contribution in [0.2, 0.25) is 5.02 Å². The van der Waals surface area contributed by atoms with E-state index >= 15 is 0 Å². The number of ether oxygens (including phenoxy) is 1. The summed E-state index contributed by atoms with van der Waals surface area (Å²) in [6, 6.07) is 8.96. The highest BCUT2D eigenvalue weighted by Crippen LogP contribution is 2.44. The lowest BCUT2D eigenvalue weighted by Gasteiger charge is -2.30. The molecule has 148 valence electrons. The maximum absolute atomic E-state index is 13.0. The highest BCUT2D eigenvalue weighted by Gasteiger charge is 2.35. The van der Waals surface area contributed by atoms with E-state index in [0.717, 1.165) is 11.3 Å². The third-order valence-corrected chi connectivity index (χ3v) is 5.34. The zero-order chi connectivity index (χ0) is 20.4. The number of anilines is 1. The number of carbonyl (C=O) groups excluding carboxylic acids is 1. The van der Waals surface area contributed by atoms with Gasteiger partial charge in [0.1, 0.15) is 0 Å². The maximum atomic E-state index is 13.0. The Balaban J connectivity index is 1.97. The lowest BCUT2D eigenvalue weighted by molar-refractivity contribution is -0.120. The van der Waals surface area contributed by atoms with Crippen molar-refractivity contribution in [3.8, 4) is 17.1 Å². The number of fused-ring (bicyclic) bond motifs is 3. The quantitative estimate of drug-likeness (QED) is 0.565. The summed E-state index contributed by atoms with van der Waals surface area (Å²) >= 11 is 7.73. The molecule has 0 N–H and O–H groups in total. The first-order valence-corrected chi connectivity index (χ1v) is 10.5. The molecular formula is C20H18ClN5O2S. The molecule has 0 radical (unpaired) electrons. The molecule has 0 saturated heterocycles. The van der Waals surface area contributed by atoms with E-state index in [1.165, 1.54) is 11.8 Å². The standard InChI is InChI=1S/C20H18ClN5O2S/c1-3-16(27)26-15-8-7-13(21)10-14(15)17-18(23-20(25-24-17)29-4-2)28-19(26)12-6-5-9-22-11-12/h5-11,19H,3-4H2,1-2H3/t19-/m1/s1. The van der Waals surface area contributed by atoms with Crippen molar-refractivity contribution in [3.05, 3.63) is 53.3 Å². The molecule has 0 spiro atoms. The van der Waals surface area contributed by atoms with Gasteiger partial charge in [0.05, 0.1) is 5.69 Å². The number of carbonyl (C=O) groups is 1. The number of amides is 1. The number of halogens is 1. The van der Waals surface area contributed by atoms with E-state index in [4.69, 9.17) is 16.3 Å². The third kappa shape index (κ3) is 3.77. The van der Waals surface area contributed by atoms with Gasteiger partial charge in [-0.2, -0.15) is 4.98 Å². The zero-order valence-electron chi connectivity index (χ0n) is 15.9. The van der Waals surface area contributed by atoms with Crippen molar-refractivity contribution < 1.29 is 9.53 Å². The molecule has 1 amide bonds. The number of aromatic nitrogens is 4. The summed E-state index contributed by atoms with van der Waals surface area (Å²) < 4.78 is 6.28. The zero-order valence-corrected chi connectivity index (χ0v) is 17.4. The van der Waals surface area contributed by atoms with Crippen molar-refractivity contribution >= 4 is 35.0 Å². The molecule has 1 atom stereocenters. The number of nitrogens with zero attached hydrogens (tertiary/aromatic N) is 5. The number of rotatable bonds is 4. The first-order valence-electron chi connectivity index (χ1n) is 9.18. The minimum atomic E-state index is -0.742. The lowest BCUT2D eigenvalue weighted by atomic mass is 10.1. The number of benzene rings is 1. The molecule has 1 aliphatic rings. The number of pyridine rings is 1. The van der Waals surface area contributed by atoms with Gasteiger partial charge in [-0.25, -0.2) is 0 Å². The van der Waals surface area contributed by atoms with Crippen LogP contribution in [0.1, 0.15) is 32.1 Å². The van der Waals surface area contributed by atoms with E-state index in [9.17, 15) is 4.79 Å². The Kier molecular flexibility index (Phi) is 5.64. The van der Waals surface area contributed by atoms with Crippen LogP contribution >= 0.6 is 23.4 Å². The summed E-state index contributed by atoms with van der Waals surface area (Å²) in [5.41, 5.74) is 2.46. The molecule has 1 aromatic carbocycles. The molecule has 3 aromatic rings. The minimum Gasteiger partial charge on any atom is -0.447 e. The molecule has 3 heterocycles. The Morgan fingerprint density at radius 1 is 1.28 bits per heavy atom. The molecule has 9 heteroatoms. The fourth-order valence-corrected chi connectivity index (χ4v) is 3.78. The molecule has 0 saturated carbocycles. The van der Waals surface area contributed by atoms with E-state index in [0.29, 0.717) is 39.4 Å². The normalized spacial score (nSPS) is 15.1. The Morgan fingerprint density at radius 2 is 2.14 bits per heavy atom. The first kappa shape index (κ1) is 19.6. The first-order chi connectivity index (χ1) is 14.1. The highest BCUT2D eigenvalue weighted by atomic mass is 35.5. The van der Waals surface area contributed by atoms with E-state index in [-0.39, 0.29) is 5.91 Å². The molecule has 7 nitrogen and oxygen atoms in total. The van der Waals surface area contributed by atoms with Gasteiger partial charge in [-0.05, 0) is 30.0 Å². The average molecular weight is 428 g/mol. The van der Waals surface area contributed by atoms with E-state index in [2.05, 4.69) is 20.2 Å². The van der Waals surface area contributed by atoms with Gasteiger partial charge in [-0.1, -0.05) is 43.3 Å². The number of hydrogen-bond donors (Lipinski definition) is 0. The van der Waals surface area contributed by atoms with Crippen LogP contribution in [0, 0.1) is 0 Å². The van der Waals surface area contributed by atoms with Crippen molar-refractivity contribution in [2.75, 3.05) is 10.7 Å². The topological polar surface area (TPSA) is 81.1 Å². The largest absolute Gasteiger partial charge is 0.447 e. The molecule has 4 rings (SSSR count). The Labute approximate surface area is 177 Å². The van der Waals surface area contributed by atoms with Crippen molar-refractivity contribution in [2.45, 2.75) is 31.7 Å². The van der Waals surface area contributed by atoms with Crippen molar-refractivity contribution in [1.82, 2.24) is 20.2 Å². The van der Waals surface area contributed by atoms with Gasteiger partial charge in [0.15, 0.2) is 5.69 Å². The van der Waals surface area contributed by atoms with Gasteiger partial charge >= 0.3 is 0 Å². The van der Waals surface area contributed by atoms with E-state index in [1.807, 2.05) is 19.9 Å². The monoisotopic (exact) mass is 427 g/mol. The van der Waals surface area contributed by atoms with Crippen LogP contribution in [0.25, 0.3) is 11.3 Å². The lowest BCUT2D eigenvalue weighted by Crippen LogP contribution is -2.37. The number of hydrogen-bond acceptors (Lipinski definition) is 7.